The van der Waals surface area contributed by atoms with Crippen molar-refractivity contribution in [3.63, 3.8) is 0 Å². The summed E-state index contributed by atoms with van der Waals surface area (Å²) in [6, 6.07) is 7.63. The van der Waals surface area contributed by atoms with E-state index < -0.39 is 0 Å². The largest absolute Gasteiger partial charge is 0.349 e. The quantitative estimate of drug-likeness (QED) is 0.781. The van der Waals surface area contributed by atoms with E-state index in [9.17, 15) is 0 Å². The Bertz CT molecular complexity index is 391. The van der Waals surface area contributed by atoms with Gasteiger partial charge in [-0.2, -0.15) is 0 Å². The molecular weight excluding hydrogens is 252 g/mol. The molecule has 0 aromatic heterocycles. The Balaban J connectivity index is 1.94. The van der Waals surface area contributed by atoms with Gasteiger partial charge in [0, 0.05) is 23.8 Å². The second-order valence-electron chi connectivity index (χ2n) is 4.63. The first-order valence-corrected chi connectivity index (χ1v) is 6.75. The molecule has 4 heteroatoms. The van der Waals surface area contributed by atoms with Crippen LogP contribution in [0.25, 0.3) is 0 Å². The van der Waals surface area contributed by atoms with E-state index in [1.54, 1.807) is 0 Å². The van der Waals surface area contributed by atoms with E-state index in [1.165, 1.54) is 12.8 Å². The Morgan fingerprint density at radius 2 is 2.12 bits per heavy atom. The number of anilines is 1. The summed E-state index contributed by atoms with van der Waals surface area (Å²) in [5.74, 6) is 0.730. The third kappa shape index (κ3) is 3.58. The van der Waals surface area contributed by atoms with Gasteiger partial charge in [0.15, 0.2) is 5.11 Å². The van der Waals surface area contributed by atoms with Gasteiger partial charge in [-0.1, -0.05) is 18.5 Å². The maximum Gasteiger partial charge on any atom is 0.173 e. The normalized spacial score (nSPS) is 20.1. The molecule has 1 aliphatic rings. The van der Waals surface area contributed by atoms with Crippen molar-refractivity contribution in [1.82, 2.24) is 4.90 Å². The number of piperidine rings is 1. The molecule has 0 radical (unpaired) electrons. The van der Waals surface area contributed by atoms with Crippen LogP contribution in [0.1, 0.15) is 19.8 Å². The average molecular weight is 269 g/mol. The van der Waals surface area contributed by atoms with E-state index in [2.05, 4.69) is 17.1 Å². The van der Waals surface area contributed by atoms with Crippen LogP contribution in [0.2, 0.25) is 5.02 Å². The number of hydrogen-bond acceptors (Lipinski definition) is 1. The molecule has 2 nitrogen and oxygen atoms in total. The molecule has 0 spiro atoms. The summed E-state index contributed by atoms with van der Waals surface area (Å²) in [5, 5.41) is 4.82. The van der Waals surface area contributed by atoms with Crippen LogP contribution in [0.5, 0.6) is 0 Å². The van der Waals surface area contributed by atoms with Gasteiger partial charge in [-0.05, 0) is 55.2 Å². The highest BCUT2D eigenvalue weighted by atomic mass is 35.5. The maximum absolute atomic E-state index is 5.84. The maximum atomic E-state index is 5.84. The molecule has 0 aliphatic carbocycles. The predicted octanol–water partition coefficient (Wildman–Crippen LogP) is 3.77. The van der Waals surface area contributed by atoms with E-state index in [-0.39, 0.29) is 0 Å². The first kappa shape index (κ1) is 12.7. The fraction of sp³-hybridized carbons (Fsp3) is 0.462. The molecule has 1 aromatic rings. The molecule has 0 bridgehead atoms. The fourth-order valence-electron chi connectivity index (χ4n) is 2.11. The molecule has 92 valence electrons. The second kappa shape index (κ2) is 5.69. The summed E-state index contributed by atoms with van der Waals surface area (Å²) >= 11 is 11.3. The monoisotopic (exact) mass is 268 g/mol. The van der Waals surface area contributed by atoms with Gasteiger partial charge in [0.2, 0.25) is 0 Å². The zero-order valence-corrected chi connectivity index (χ0v) is 11.5. The average Bonchev–Trinajstić information content (AvgIpc) is 2.32. The Kier molecular flexibility index (Phi) is 4.24. The van der Waals surface area contributed by atoms with Crippen molar-refractivity contribution in [1.29, 1.82) is 0 Å². The van der Waals surface area contributed by atoms with Crippen LogP contribution < -0.4 is 5.32 Å². The Hall–Kier alpha value is -0.800. The van der Waals surface area contributed by atoms with Crippen LogP contribution in [-0.4, -0.2) is 23.1 Å². The van der Waals surface area contributed by atoms with Crippen molar-refractivity contribution in [2.75, 3.05) is 18.4 Å². The lowest BCUT2D eigenvalue weighted by atomic mass is 10.0. The third-order valence-electron chi connectivity index (χ3n) is 3.04. The minimum absolute atomic E-state index is 0.730. The molecule has 0 unspecified atom stereocenters. The van der Waals surface area contributed by atoms with Crippen molar-refractivity contribution in [2.24, 2.45) is 5.92 Å². The number of thiocarbonyl (C=S) groups is 1. The molecule has 0 saturated carbocycles. The summed E-state index contributed by atoms with van der Waals surface area (Å²) in [5.41, 5.74) is 0.998. The third-order valence-corrected chi connectivity index (χ3v) is 3.65. The molecule has 1 N–H and O–H groups in total. The van der Waals surface area contributed by atoms with E-state index in [0.29, 0.717) is 0 Å². The summed E-state index contributed by atoms with van der Waals surface area (Å²) in [4.78, 5) is 2.25. The van der Waals surface area contributed by atoms with E-state index in [1.807, 2.05) is 24.3 Å². The van der Waals surface area contributed by atoms with Crippen molar-refractivity contribution in [3.8, 4) is 0 Å². The van der Waals surface area contributed by atoms with Crippen LogP contribution >= 0.6 is 23.8 Å². The molecule has 0 amide bonds. The summed E-state index contributed by atoms with van der Waals surface area (Å²) < 4.78 is 0. The highest BCUT2D eigenvalue weighted by Crippen LogP contribution is 2.18. The van der Waals surface area contributed by atoms with Crippen LogP contribution in [-0.2, 0) is 0 Å². The van der Waals surface area contributed by atoms with Crippen molar-refractivity contribution in [3.05, 3.63) is 29.3 Å². The number of likely N-dealkylation sites (tertiary alicyclic amines) is 1. The Morgan fingerprint density at radius 3 is 2.76 bits per heavy atom. The van der Waals surface area contributed by atoms with E-state index >= 15 is 0 Å². The number of nitrogens with zero attached hydrogens (tertiary/aromatic N) is 1. The zero-order chi connectivity index (χ0) is 12.3. The van der Waals surface area contributed by atoms with Gasteiger partial charge in [0.1, 0.15) is 0 Å². The van der Waals surface area contributed by atoms with Gasteiger partial charge in [-0.25, -0.2) is 0 Å². The van der Waals surface area contributed by atoms with E-state index in [0.717, 1.165) is 34.8 Å². The summed E-state index contributed by atoms with van der Waals surface area (Å²) in [7, 11) is 0. The van der Waals surface area contributed by atoms with Gasteiger partial charge >= 0.3 is 0 Å². The van der Waals surface area contributed by atoms with Crippen LogP contribution in [0.4, 0.5) is 5.69 Å². The van der Waals surface area contributed by atoms with Crippen LogP contribution in [0, 0.1) is 5.92 Å². The van der Waals surface area contributed by atoms with Crippen molar-refractivity contribution < 1.29 is 0 Å². The molecule has 1 saturated heterocycles. The van der Waals surface area contributed by atoms with E-state index in [4.69, 9.17) is 23.8 Å². The van der Waals surface area contributed by atoms with Crippen molar-refractivity contribution in [2.45, 2.75) is 19.8 Å². The lowest BCUT2D eigenvalue weighted by Crippen LogP contribution is -2.41. The first-order chi connectivity index (χ1) is 8.15. The highest BCUT2D eigenvalue weighted by molar-refractivity contribution is 7.80. The molecule has 1 fully saturated rings. The molecule has 2 rings (SSSR count). The van der Waals surface area contributed by atoms with Gasteiger partial charge < -0.3 is 10.2 Å². The van der Waals surface area contributed by atoms with Crippen LogP contribution in [0.3, 0.4) is 0 Å². The fourth-order valence-corrected chi connectivity index (χ4v) is 2.52. The van der Waals surface area contributed by atoms with Gasteiger partial charge in [0.25, 0.3) is 0 Å². The molecule has 1 aliphatic heterocycles. The summed E-state index contributed by atoms with van der Waals surface area (Å²) in [6.07, 6.45) is 2.53. The second-order valence-corrected chi connectivity index (χ2v) is 5.45. The lowest BCUT2D eigenvalue weighted by Gasteiger charge is -2.33. The number of rotatable bonds is 1. The first-order valence-electron chi connectivity index (χ1n) is 5.96. The number of benzene rings is 1. The lowest BCUT2D eigenvalue weighted by molar-refractivity contribution is 0.276. The van der Waals surface area contributed by atoms with Gasteiger partial charge in [-0.15, -0.1) is 0 Å². The predicted molar refractivity (Wildman–Crippen MR) is 77.6 cm³/mol. The zero-order valence-electron chi connectivity index (χ0n) is 9.95. The molecular formula is C13H17ClN2S. The number of halogens is 1. The minimum atomic E-state index is 0.730. The number of hydrogen-bond donors (Lipinski definition) is 1. The molecule has 1 heterocycles. The Labute approximate surface area is 113 Å². The smallest absolute Gasteiger partial charge is 0.173 e. The van der Waals surface area contributed by atoms with Gasteiger partial charge in [0.05, 0.1) is 0 Å². The number of nitrogens with one attached hydrogen (secondary N) is 1. The highest BCUT2D eigenvalue weighted by Gasteiger charge is 2.18. The van der Waals surface area contributed by atoms with Gasteiger partial charge in [-0.3, -0.25) is 0 Å². The molecule has 1 aromatic carbocycles. The topological polar surface area (TPSA) is 15.3 Å². The van der Waals surface area contributed by atoms with Crippen LogP contribution in [0.15, 0.2) is 24.3 Å². The van der Waals surface area contributed by atoms with Crippen molar-refractivity contribution >= 4 is 34.6 Å². The molecule has 1 atom stereocenters. The Morgan fingerprint density at radius 1 is 1.41 bits per heavy atom. The minimum Gasteiger partial charge on any atom is -0.349 e. The summed E-state index contributed by atoms with van der Waals surface area (Å²) in [6.45, 7) is 4.39. The standard InChI is InChI=1S/C13H17ClN2S/c1-10-3-2-8-16(9-10)13(17)15-12-6-4-11(14)5-7-12/h4-7,10H,2-3,8-9H2,1H3,(H,15,17)/t10-/m1/s1. The molecule has 17 heavy (non-hydrogen) atoms. The SMILES string of the molecule is C[C@@H]1CCCN(C(=S)Nc2ccc(Cl)cc2)C1.